The van der Waals surface area contributed by atoms with Gasteiger partial charge in [0.2, 0.25) is 5.91 Å². The van der Waals surface area contributed by atoms with Crippen LogP contribution in [0.3, 0.4) is 0 Å². The standard InChI is InChI=1S/C17H15N3O4/c21-15(10-20-7-3-6-14-16(20)19-17(22)24-14)18-9-12-8-11-4-1-2-5-13(11)23-12/h1-7,12H,8-10H2,(H,18,21). The maximum Gasteiger partial charge on any atom is 0.441 e. The van der Waals surface area contributed by atoms with E-state index < -0.39 is 5.76 Å². The molecule has 0 saturated carbocycles. The number of aromatic nitrogens is 2. The number of hydrogen-bond acceptors (Lipinski definition) is 5. The van der Waals surface area contributed by atoms with Crippen LogP contribution in [-0.4, -0.2) is 28.1 Å². The van der Waals surface area contributed by atoms with Crippen molar-refractivity contribution in [3.8, 4) is 17.3 Å². The van der Waals surface area contributed by atoms with Crippen LogP contribution in [0.4, 0.5) is 0 Å². The zero-order chi connectivity index (χ0) is 16.5. The maximum atomic E-state index is 12.2. The molecule has 0 radical (unpaired) electrons. The van der Waals surface area contributed by atoms with Gasteiger partial charge in [-0.1, -0.05) is 18.2 Å². The fourth-order valence-corrected chi connectivity index (χ4v) is 2.86. The Hall–Kier alpha value is -3.09. The van der Waals surface area contributed by atoms with E-state index in [4.69, 9.17) is 9.15 Å². The van der Waals surface area contributed by atoms with Crippen LogP contribution in [0.15, 0.2) is 51.8 Å². The molecule has 0 fully saturated rings. The van der Waals surface area contributed by atoms with Gasteiger partial charge < -0.3 is 19.0 Å². The van der Waals surface area contributed by atoms with Gasteiger partial charge in [-0.2, -0.15) is 4.98 Å². The summed E-state index contributed by atoms with van der Waals surface area (Å²) in [6, 6.07) is 11.2. The Bertz CT molecular complexity index is 889. The summed E-state index contributed by atoms with van der Waals surface area (Å²) in [5, 5.41) is 2.86. The van der Waals surface area contributed by atoms with Crippen LogP contribution in [0, 0.1) is 0 Å². The van der Waals surface area contributed by atoms with E-state index in [1.165, 1.54) is 0 Å². The highest BCUT2D eigenvalue weighted by molar-refractivity contribution is 5.76. The molecule has 0 aliphatic carbocycles. The molecule has 3 aliphatic rings. The lowest BCUT2D eigenvalue weighted by molar-refractivity contribution is -0.122. The van der Waals surface area contributed by atoms with Crippen LogP contribution in [-0.2, 0) is 17.8 Å². The number of carbonyl (C=O) groups is 1. The average molecular weight is 325 g/mol. The predicted molar refractivity (Wildman–Crippen MR) is 85.0 cm³/mol. The number of nitrogens with zero attached hydrogens (tertiary/aromatic N) is 2. The van der Waals surface area contributed by atoms with E-state index in [-0.39, 0.29) is 18.6 Å². The molecule has 7 heteroatoms. The van der Waals surface area contributed by atoms with Crippen LogP contribution >= 0.6 is 0 Å². The van der Waals surface area contributed by atoms with Gasteiger partial charge in [0.1, 0.15) is 18.4 Å². The van der Waals surface area contributed by atoms with Gasteiger partial charge in [-0.05, 0) is 23.8 Å². The molecule has 122 valence electrons. The van der Waals surface area contributed by atoms with E-state index in [1.54, 1.807) is 22.9 Å². The van der Waals surface area contributed by atoms with Crippen molar-refractivity contribution in [1.82, 2.24) is 14.9 Å². The summed E-state index contributed by atoms with van der Waals surface area (Å²) >= 11 is 0. The molecule has 24 heavy (non-hydrogen) atoms. The summed E-state index contributed by atoms with van der Waals surface area (Å²) in [7, 11) is 0. The SMILES string of the molecule is O=C(Cn1cccc2oc(=O)nc1-2)NCC1Cc2ccccc2O1. The lowest BCUT2D eigenvalue weighted by atomic mass is 10.1. The molecular formula is C17H15N3O4. The number of oxazole rings is 1. The lowest BCUT2D eigenvalue weighted by Gasteiger charge is -2.13. The van der Waals surface area contributed by atoms with E-state index in [9.17, 15) is 9.59 Å². The zero-order valence-electron chi connectivity index (χ0n) is 12.8. The Kier molecular flexibility index (Phi) is 3.53. The van der Waals surface area contributed by atoms with Crippen molar-refractivity contribution in [2.45, 2.75) is 19.1 Å². The molecule has 1 amide bonds. The van der Waals surface area contributed by atoms with Gasteiger partial charge in [0, 0.05) is 12.6 Å². The summed E-state index contributed by atoms with van der Waals surface area (Å²) in [5.41, 5.74) is 1.15. The molecule has 4 rings (SSSR count). The third-order valence-corrected chi connectivity index (χ3v) is 3.96. The third-order valence-electron chi connectivity index (χ3n) is 3.96. The van der Waals surface area contributed by atoms with Crippen LogP contribution in [0.5, 0.6) is 5.75 Å². The summed E-state index contributed by atoms with van der Waals surface area (Å²) in [6.07, 6.45) is 2.40. The Morgan fingerprint density at radius 2 is 2.17 bits per heavy atom. The predicted octanol–water partition coefficient (Wildman–Crippen LogP) is 1.06. The second-order valence-corrected chi connectivity index (χ2v) is 5.66. The molecule has 0 bridgehead atoms. The first-order valence-corrected chi connectivity index (χ1v) is 7.66. The summed E-state index contributed by atoms with van der Waals surface area (Å²) < 4.78 is 12.3. The number of nitrogens with one attached hydrogen (secondary N) is 1. The Labute approximate surface area is 137 Å². The molecule has 3 aliphatic heterocycles. The van der Waals surface area contributed by atoms with Crippen LogP contribution < -0.4 is 15.8 Å². The van der Waals surface area contributed by atoms with Crippen LogP contribution in [0.2, 0.25) is 0 Å². The fourth-order valence-electron chi connectivity index (χ4n) is 2.86. The van der Waals surface area contributed by atoms with Crippen LogP contribution in [0.25, 0.3) is 11.6 Å². The number of amides is 1. The maximum absolute atomic E-state index is 12.2. The smallest absolute Gasteiger partial charge is 0.441 e. The quantitative estimate of drug-likeness (QED) is 0.775. The first-order chi connectivity index (χ1) is 11.7. The van der Waals surface area contributed by atoms with Gasteiger partial charge in [-0.25, -0.2) is 4.79 Å². The summed E-state index contributed by atoms with van der Waals surface area (Å²) in [6.45, 7) is 0.485. The molecular weight excluding hydrogens is 310 g/mol. The van der Waals surface area contributed by atoms with Crippen molar-refractivity contribution in [3.05, 3.63) is 58.7 Å². The number of pyridine rings is 1. The molecule has 1 aromatic carbocycles. The third kappa shape index (κ3) is 2.76. The van der Waals surface area contributed by atoms with Gasteiger partial charge >= 0.3 is 5.76 Å². The molecule has 0 saturated heterocycles. The fraction of sp³-hybridized carbons (Fsp3) is 0.235. The van der Waals surface area contributed by atoms with Gasteiger partial charge in [-0.3, -0.25) is 4.79 Å². The number of hydrogen-bond donors (Lipinski definition) is 1. The normalized spacial score (nSPS) is 15.9. The molecule has 7 nitrogen and oxygen atoms in total. The zero-order valence-corrected chi connectivity index (χ0v) is 12.8. The number of carbonyl (C=O) groups excluding carboxylic acids is 1. The van der Waals surface area contributed by atoms with Gasteiger partial charge in [0.15, 0.2) is 11.6 Å². The monoisotopic (exact) mass is 325 g/mol. The number of fused-ring (bicyclic) bond motifs is 2. The van der Waals surface area contributed by atoms with Crippen LogP contribution in [0.1, 0.15) is 5.56 Å². The number of para-hydroxylation sites is 1. The first kappa shape index (κ1) is 14.5. The topological polar surface area (TPSA) is 86.4 Å². The number of ether oxygens (including phenoxy) is 1. The highest BCUT2D eigenvalue weighted by atomic mass is 16.5. The first-order valence-electron chi connectivity index (χ1n) is 7.66. The van der Waals surface area contributed by atoms with Gasteiger partial charge in [-0.15, -0.1) is 0 Å². The largest absolute Gasteiger partial charge is 0.488 e. The van der Waals surface area contributed by atoms with E-state index in [1.807, 2.05) is 24.3 Å². The minimum atomic E-state index is -0.664. The molecule has 0 aromatic heterocycles. The lowest BCUT2D eigenvalue weighted by Crippen LogP contribution is -2.36. The van der Waals surface area contributed by atoms with Crippen molar-refractivity contribution in [3.63, 3.8) is 0 Å². The molecule has 1 atom stereocenters. The molecule has 1 unspecified atom stereocenters. The van der Waals surface area contributed by atoms with Crippen molar-refractivity contribution in [1.29, 1.82) is 0 Å². The second kappa shape index (κ2) is 5.84. The minimum absolute atomic E-state index is 0.0585. The molecule has 1 aromatic rings. The van der Waals surface area contributed by atoms with E-state index in [2.05, 4.69) is 10.3 Å². The second-order valence-electron chi connectivity index (χ2n) is 5.66. The molecule has 3 heterocycles. The molecule has 1 N–H and O–H groups in total. The Morgan fingerprint density at radius 1 is 1.29 bits per heavy atom. The minimum Gasteiger partial charge on any atom is -0.488 e. The highest BCUT2D eigenvalue weighted by Crippen LogP contribution is 2.27. The van der Waals surface area contributed by atoms with Crippen molar-refractivity contribution < 1.29 is 13.9 Å². The number of rotatable bonds is 4. The average Bonchev–Trinajstić information content (AvgIpc) is 3.15. The molecule has 0 spiro atoms. The number of benzene rings is 1. The van der Waals surface area contributed by atoms with Gasteiger partial charge in [0.05, 0.1) is 6.54 Å². The van der Waals surface area contributed by atoms with E-state index in [0.717, 1.165) is 17.7 Å². The van der Waals surface area contributed by atoms with E-state index >= 15 is 0 Å². The van der Waals surface area contributed by atoms with E-state index in [0.29, 0.717) is 18.1 Å². The van der Waals surface area contributed by atoms with Crippen molar-refractivity contribution in [2.75, 3.05) is 6.54 Å². The van der Waals surface area contributed by atoms with Gasteiger partial charge in [0.25, 0.3) is 0 Å². The highest BCUT2D eigenvalue weighted by Gasteiger charge is 2.23. The van der Waals surface area contributed by atoms with Crippen molar-refractivity contribution in [2.24, 2.45) is 0 Å². The van der Waals surface area contributed by atoms with Crippen molar-refractivity contribution >= 4 is 5.91 Å². The Morgan fingerprint density at radius 3 is 3.04 bits per heavy atom. The Balaban J connectivity index is 1.37. The summed E-state index contributed by atoms with van der Waals surface area (Å²) in [5.74, 6) is 0.762. The summed E-state index contributed by atoms with van der Waals surface area (Å²) in [4.78, 5) is 27.2.